The largest absolute Gasteiger partial charge is 0.468 e. The minimum Gasteiger partial charge on any atom is -0.468 e. The molecule has 5 nitrogen and oxygen atoms in total. The fraction of sp³-hybridized carbons (Fsp3) is 0.462. The Labute approximate surface area is 106 Å². The molecule has 0 aromatic carbocycles. The van der Waals surface area contributed by atoms with Gasteiger partial charge in [0.05, 0.1) is 31.2 Å². The molecule has 96 valence electrons. The van der Waals surface area contributed by atoms with E-state index in [2.05, 4.69) is 16.1 Å². The fourth-order valence-corrected chi connectivity index (χ4v) is 2.38. The average molecular weight is 247 g/mol. The SMILES string of the molecule is CO[C@@H]1CN(Cc2ccco2)Cc2ccnn2C1. The summed E-state index contributed by atoms with van der Waals surface area (Å²) in [5, 5.41) is 4.33. The predicted octanol–water partition coefficient (Wildman–Crippen LogP) is 1.51. The molecular formula is C13H17N3O2. The Morgan fingerprint density at radius 1 is 1.44 bits per heavy atom. The van der Waals surface area contributed by atoms with Crippen LogP contribution in [0.15, 0.2) is 35.1 Å². The topological polar surface area (TPSA) is 43.4 Å². The molecule has 5 heteroatoms. The van der Waals surface area contributed by atoms with E-state index in [1.54, 1.807) is 13.4 Å². The molecule has 2 aromatic heterocycles. The third-order valence-corrected chi connectivity index (χ3v) is 3.32. The van der Waals surface area contributed by atoms with Crippen LogP contribution in [-0.2, 0) is 24.4 Å². The highest BCUT2D eigenvalue weighted by Gasteiger charge is 2.22. The van der Waals surface area contributed by atoms with E-state index in [1.165, 1.54) is 5.69 Å². The summed E-state index contributed by atoms with van der Waals surface area (Å²) < 4.78 is 12.9. The average Bonchev–Trinajstić information content (AvgIpc) is 2.98. The van der Waals surface area contributed by atoms with Gasteiger partial charge in [-0.3, -0.25) is 9.58 Å². The first kappa shape index (κ1) is 11.5. The number of furan rings is 1. The second kappa shape index (κ2) is 4.96. The van der Waals surface area contributed by atoms with E-state index in [0.29, 0.717) is 0 Å². The van der Waals surface area contributed by atoms with Crippen molar-refractivity contribution in [3.8, 4) is 0 Å². The van der Waals surface area contributed by atoms with Gasteiger partial charge in [-0.25, -0.2) is 0 Å². The first-order valence-electron chi connectivity index (χ1n) is 6.13. The third kappa shape index (κ3) is 2.32. The summed E-state index contributed by atoms with van der Waals surface area (Å²) in [5.41, 5.74) is 1.22. The van der Waals surface area contributed by atoms with Crippen molar-refractivity contribution < 1.29 is 9.15 Å². The Morgan fingerprint density at radius 3 is 3.17 bits per heavy atom. The minimum absolute atomic E-state index is 0.168. The Bertz CT molecular complexity index is 492. The van der Waals surface area contributed by atoms with Gasteiger partial charge in [0.15, 0.2) is 0 Å². The first-order chi connectivity index (χ1) is 8.85. The molecule has 1 aliphatic heterocycles. The zero-order valence-corrected chi connectivity index (χ0v) is 10.5. The van der Waals surface area contributed by atoms with Gasteiger partial charge in [0, 0.05) is 26.4 Å². The molecule has 0 aliphatic carbocycles. The van der Waals surface area contributed by atoms with Crippen LogP contribution in [0, 0.1) is 0 Å². The number of methoxy groups -OCH3 is 1. The van der Waals surface area contributed by atoms with Crippen LogP contribution in [0.4, 0.5) is 0 Å². The molecule has 0 bridgehead atoms. The molecule has 0 radical (unpaired) electrons. The number of aromatic nitrogens is 2. The maximum atomic E-state index is 5.51. The van der Waals surface area contributed by atoms with E-state index in [0.717, 1.165) is 31.9 Å². The van der Waals surface area contributed by atoms with Crippen LogP contribution < -0.4 is 0 Å². The highest BCUT2D eigenvalue weighted by molar-refractivity contribution is 5.04. The summed E-state index contributed by atoms with van der Waals surface area (Å²) in [6, 6.07) is 5.99. The molecule has 0 saturated carbocycles. The van der Waals surface area contributed by atoms with E-state index in [9.17, 15) is 0 Å². The second-order valence-corrected chi connectivity index (χ2v) is 4.61. The molecule has 0 spiro atoms. The lowest BCUT2D eigenvalue weighted by Crippen LogP contribution is -2.31. The Kier molecular flexibility index (Phi) is 3.17. The molecule has 3 rings (SSSR count). The van der Waals surface area contributed by atoms with Crippen molar-refractivity contribution in [2.45, 2.75) is 25.7 Å². The summed E-state index contributed by atoms with van der Waals surface area (Å²) in [7, 11) is 1.75. The van der Waals surface area contributed by atoms with E-state index in [-0.39, 0.29) is 6.10 Å². The predicted molar refractivity (Wildman–Crippen MR) is 65.8 cm³/mol. The first-order valence-corrected chi connectivity index (χ1v) is 6.13. The standard InChI is InChI=1S/C13H17N3O2/c1-17-13-9-15(8-12-3-2-6-18-12)7-11-4-5-14-16(11)10-13/h2-6,13H,7-10H2,1H3/t13-/m1/s1. The number of hydrogen-bond donors (Lipinski definition) is 0. The number of hydrogen-bond acceptors (Lipinski definition) is 4. The van der Waals surface area contributed by atoms with Gasteiger partial charge >= 0.3 is 0 Å². The van der Waals surface area contributed by atoms with Crippen LogP contribution in [0.1, 0.15) is 11.5 Å². The maximum Gasteiger partial charge on any atom is 0.117 e. The molecule has 18 heavy (non-hydrogen) atoms. The maximum absolute atomic E-state index is 5.51. The third-order valence-electron chi connectivity index (χ3n) is 3.32. The number of fused-ring (bicyclic) bond motifs is 1. The molecular weight excluding hydrogens is 230 g/mol. The molecule has 1 aliphatic rings. The van der Waals surface area contributed by atoms with Gasteiger partial charge in [-0.2, -0.15) is 5.10 Å². The van der Waals surface area contributed by atoms with Crippen molar-refractivity contribution in [2.24, 2.45) is 0 Å². The van der Waals surface area contributed by atoms with E-state index >= 15 is 0 Å². The van der Waals surface area contributed by atoms with Gasteiger partial charge in [-0.15, -0.1) is 0 Å². The van der Waals surface area contributed by atoms with Gasteiger partial charge in [-0.1, -0.05) is 0 Å². The van der Waals surface area contributed by atoms with E-state index in [1.807, 2.05) is 23.0 Å². The van der Waals surface area contributed by atoms with Crippen molar-refractivity contribution in [1.82, 2.24) is 14.7 Å². The van der Waals surface area contributed by atoms with E-state index in [4.69, 9.17) is 9.15 Å². The lowest BCUT2D eigenvalue weighted by atomic mass is 10.3. The quantitative estimate of drug-likeness (QED) is 0.824. The van der Waals surface area contributed by atoms with Crippen LogP contribution >= 0.6 is 0 Å². The van der Waals surface area contributed by atoms with Gasteiger partial charge in [-0.05, 0) is 18.2 Å². The lowest BCUT2D eigenvalue weighted by molar-refractivity contribution is 0.0529. The van der Waals surface area contributed by atoms with Crippen molar-refractivity contribution in [3.05, 3.63) is 42.1 Å². The molecule has 1 atom stereocenters. The number of rotatable bonds is 3. The lowest BCUT2D eigenvalue weighted by Gasteiger charge is -2.21. The molecule has 3 heterocycles. The summed E-state index contributed by atoms with van der Waals surface area (Å²) in [4.78, 5) is 2.33. The summed E-state index contributed by atoms with van der Waals surface area (Å²) in [6.45, 7) is 3.38. The molecule has 0 saturated heterocycles. The summed E-state index contributed by atoms with van der Waals surface area (Å²) in [5.74, 6) is 0.984. The molecule has 0 N–H and O–H groups in total. The van der Waals surface area contributed by atoms with Crippen LogP contribution in [-0.4, -0.2) is 34.4 Å². The molecule has 2 aromatic rings. The van der Waals surface area contributed by atoms with Crippen molar-refractivity contribution in [2.75, 3.05) is 13.7 Å². The van der Waals surface area contributed by atoms with Gasteiger partial charge in [0.25, 0.3) is 0 Å². The van der Waals surface area contributed by atoms with Crippen LogP contribution in [0.25, 0.3) is 0 Å². The van der Waals surface area contributed by atoms with Crippen molar-refractivity contribution in [1.29, 1.82) is 0 Å². The normalized spacial score (nSPS) is 20.6. The van der Waals surface area contributed by atoms with Gasteiger partial charge in [0.1, 0.15) is 5.76 Å². The van der Waals surface area contributed by atoms with Crippen molar-refractivity contribution >= 4 is 0 Å². The molecule has 0 unspecified atom stereocenters. The summed E-state index contributed by atoms with van der Waals surface area (Å²) in [6.07, 6.45) is 3.73. The monoisotopic (exact) mass is 247 g/mol. The Hall–Kier alpha value is -1.59. The van der Waals surface area contributed by atoms with Crippen LogP contribution in [0.5, 0.6) is 0 Å². The minimum atomic E-state index is 0.168. The van der Waals surface area contributed by atoms with E-state index < -0.39 is 0 Å². The molecule has 0 fully saturated rings. The van der Waals surface area contributed by atoms with Crippen molar-refractivity contribution in [3.63, 3.8) is 0 Å². The highest BCUT2D eigenvalue weighted by Crippen LogP contribution is 2.16. The fourth-order valence-electron chi connectivity index (χ4n) is 2.38. The number of ether oxygens (including phenoxy) is 1. The summed E-state index contributed by atoms with van der Waals surface area (Å²) >= 11 is 0. The Morgan fingerprint density at radius 2 is 2.39 bits per heavy atom. The zero-order valence-electron chi connectivity index (χ0n) is 10.5. The smallest absolute Gasteiger partial charge is 0.117 e. The molecule has 0 amide bonds. The van der Waals surface area contributed by atoms with Crippen LogP contribution in [0.2, 0.25) is 0 Å². The van der Waals surface area contributed by atoms with Gasteiger partial charge < -0.3 is 9.15 Å². The van der Waals surface area contributed by atoms with Crippen LogP contribution in [0.3, 0.4) is 0 Å². The highest BCUT2D eigenvalue weighted by atomic mass is 16.5. The zero-order chi connectivity index (χ0) is 12.4. The van der Waals surface area contributed by atoms with Gasteiger partial charge in [0.2, 0.25) is 0 Å². The second-order valence-electron chi connectivity index (χ2n) is 4.61. The Balaban J connectivity index is 1.78. The number of nitrogens with zero attached hydrogens (tertiary/aromatic N) is 3.